The first-order chi connectivity index (χ1) is 6.84. The maximum atomic E-state index is 4.24. The number of hydrogen-bond donors (Lipinski definition) is 1. The van der Waals surface area contributed by atoms with E-state index in [1.165, 1.54) is 42.1 Å². The number of aryl methyl sites for hydroxylation is 1. The zero-order valence-corrected chi connectivity index (χ0v) is 9.57. The van der Waals surface area contributed by atoms with E-state index in [1.807, 2.05) is 6.20 Å². The van der Waals surface area contributed by atoms with E-state index in [2.05, 4.69) is 17.2 Å². The molecule has 1 aliphatic rings. The zero-order chi connectivity index (χ0) is 9.80. The fraction of sp³-hybridized carbons (Fsp3) is 0.727. The van der Waals surface area contributed by atoms with Gasteiger partial charge in [-0.25, -0.2) is 4.98 Å². The van der Waals surface area contributed by atoms with Crippen LogP contribution in [0.25, 0.3) is 0 Å². The Morgan fingerprint density at radius 3 is 3.00 bits per heavy atom. The van der Waals surface area contributed by atoms with Crippen molar-refractivity contribution in [1.82, 2.24) is 10.3 Å². The summed E-state index contributed by atoms with van der Waals surface area (Å²) in [5.74, 6) is 1.02. The lowest BCUT2D eigenvalue weighted by Gasteiger charge is -2.25. The van der Waals surface area contributed by atoms with Crippen LogP contribution in [0.2, 0.25) is 0 Å². The molecule has 1 aromatic heterocycles. The second-order valence-electron chi connectivity index (χ2n) is 4.11. The highest BCUT2D eigenvalue weighted by Crippen LogP contribution is 2.28. The highest BCUT2D eigenvalue weighted by atomic mass is 32.1. The molecule has 0 amide bonds. The third-order valence-electron chi connectivity index (χ3n) is 2.92. The first-order valence-corrected chi connectivity index (χ1v) is 6.28. The summed E-state index contributed by atoms with van der Waals surface area (Å²) in [6, 6.07) is 0. The average molecular weight is 210 g/mol. The molecule has 2 nitrogen and oxygen atoms in total. The molecule has 3 heteroatoms. The van der Waals surface area contributed by atoms with E-state index in [9.17, 15) is 0 Å². The molecular formula is C11H18N2S. The smallest absolute Gasteiger partial charge is 0.0897 e. The zero-order valence-electron chi connectivity index (χ0n) is 8.75. The third-order valence-corrected chi connectivity index (χ3v) is 3.84. The molecule has 1 saturated carbocycles. The minimum absolute atomic E-state index is 0.998. The van der Waals surface area contributed by atoms with Gasteiger partial charge >= 0.3 is 0 Å². The number of rotatable bonds is 5. The van der Waals surface area contributed by atoms with Crippen molar-refractivity contribution in [3.63, 3.8) is 0 Å². The number of thiazole rings is 1. The summed E-state index contributed by atoms with van der Waals surface area (Å²) in [6.07, 6.45) is 7.72. The lowest BCUT2D eigenvalue weighted by atomic mass is 9.83. The minimum atomic E-state index is 0.998. The molecule has 1 aromatic rings. The highest BCUT2D eigenvalue weighted by molar-refractivity contribution is 7.11. The van der Waals surface area contributed by atoms with Gasteiger partial charge in [-0.2, -0.15) is 0 Å². The van der Waals surface area contributed by atoms with E-state index in [1.54, 1.807) is 11.3 Å². The first-order valence-electron chi connectivity index (χ1n) is 5.46. The standard InChI is InChI=1S/C11H18N2S/c1-9-13-8-11(14-9)7-12-6-5-10-3-2-4-10/h8,10,12H,2-7H2,1H3. The molecule has 0 radical (unpaired) electrons. The van der Waals surface area contributed by atoms with Crippen molar-refractivity contribution < 1.29 is 0 Å². The number of aromatic nitrogens is 1. The maximum absolute atomic E-state index is 4.24. The van der Waals surface area contributed by atoms with Gasteiger partial charge in [0.1, 0.15) is 0 Å². The SMILES string of the molecule is Cc1ncc(CNCCC2CCC2)s1. The summed E-state index contributed by atoms with van der Waals surface area (Å²) in [6.45, 7) is 4.22. The second-order valence-corrected chi connectivity index (χ2v) is 5.43. The van der Waals surface area contributed by atoms with Crippen LogP contribution in [0.1, 0.15) is 35.6 Å². The van der Waals surface area contributed by atoms with Crippen molar-refractivity contribution in [2.24, 2.45) is 5.92 Å². The van der Waals surface area contributed by atoms with Gasteiger partial charge in [0.25, 0.3) is 0 Å². The average Bonchev–Trinajstić information content (AvgIpc) is 2.48. The normalized spacial score (nSPS) is 16.9. The molecule has 0 aliphatic heterocycles. The molecule has 1 heterocycles. The van der Waals surface area contributed by atoms with Crippen molar-refractivity contribution in [1.29, 1.82) is 0 Å². The van der Waals surface area contributed by atoms with E-state index < -0.39 is 0 Å². The van der Waals surface area contributed by atoms with Crippen LogP contribution in [0.3, 0.4) is 0 Å². The van der Waals surface area contributed by atoms with E-state index in [4.69, 9.17) is 0 Å². The monoisotopic (exact) mass is 210 g/mol. The summed E-state index contributed by atoms with van der Waals surface area (Å²) in [5.41, 5.74) is 0. The summed E-state index contributed by atoms with van der Waals surface area (Å²) in [7, 11) is 0. The van der Waals surface area contributed by atoms with Gasteiger partial charge in [0.15, 0.2) is 0 Å². The summed E-state index contributed by atoms with van der Waals surface area (Å²) in [4.78, 5) is 5.59. The quantitative estimate of drug-likeness (QED) is 0.756. The molecular weight excluding hydrogens is 192 g/mol. The second kappa shape index (κ2) is 4.89. The predicted molar refractivity (Wildman–Crippen MR) is 60.5 cm³/mol. The van der Waals surface area contributed by atoms with E-state index >= 15 is 0 Å². The van der Waals surface area contributed by atoms with Gasteiger partial charge in [-0.05, 0) is 25.8 Å². The van der Waals surface area contributed by atoms with E-state index in [-0.39, 0.29) is 0 Å². The van der Waals surface area contributed by atoms with Crippen LogP contribution in [-0.2, 0) is 6.54 Å². The first kappa shape index (κ1) is 10.1. The molecule has 0 spiro atoms. The van der Waals surface area contributed by atoms with Gasteiger partial charge in [-0.3, -0.25) is 0 Å². The molecule has 1 fully saturated rings. The van der Waals surface area contributed by atoms with Crippen LogP contribution in [0.5, 0.6) is 0 Å². The van der Waals surface area contributed by atoms with Gasteiger partial charge in [0.2, 0.25) is 0 Å². The van der Waals surface area contributed by atoms with Crippen LogP contribution in [0.4, 0.5) is 0 Å². The fourth-order valence-corrected chi connectivity index (χ4v) is 2.55. The van der Waals surface area contributed by atoms with Crippen molar-refractivity contribution in [2.45, 2.75) is 39.2 Å². The summed E-state index contributed by atoms with van der Waals surface area (Å²) >= 11 is 1.79. The van der Waals surface area contributed by atoms with Crippen molar-refractivity contribution in [3.8, 4) is 0 Å². The molecule has 2 rings (SSSR count). The third kappa shape index (κ3) is 2.79. The summed E-state index contributed by atoms with van der Waals surface area (Å²) in [5, 5.41) is 4.65. The molecule has 1 N–H and O–H groups in total. The largest absolute Gasteiger partial charge is 0.312 e. The van der Waals surface area contributed by atoms with Crippen LogP contribution >= 0.6 is 11.3 Å². The lowest BCUT2D eigenvalue weighted by Crippen LogP contribution is -2.20. The molecule has 0 atom stereocenters. The van der Waals surface area contributed by atoms with E-state index in [0.29, 0.717) is 0 Å². The Bertz CT molecular complexity index is 279. The fourth-order valence-electron chi connectivity index (χ4n) is 1.79. The molecule has 78 valence electrons. The van der Waals surface area contributed by atoms with Crippen LogP contribution < -0.4 is 5.32 Å². The Morgan fingerprint density at radius 2 is 2.43 bits per heavy atom. The Kier molecular flexibility index (Phi) is 3.54. The summed E-state index contributed by atoms with van der Waals surface area (Å²) < 4.78 is 0. The molecule has 0 aromatic carbocycles. The van der Waals surface area contributed by atoms with Crippen LogP contribution in [-0.4, -0.2) is 11.5 Å². The predicted octanol–water partition coefficient (Wildman–Crippen LogP) is 2.73. The van der Waals surface area contributed by atoms with Gasteiger partial charge in [-0.15, -0.1) is 11.3 Å². The van der Waals surface area contributed by atoms with Gasteiger partial charge in [0, 0.05) is 17.6 Å². The molecule has 14 heavy (non-hydrogen) atoms. The Hall–Kier alpha value is -0.410. The maximum Gasteiger partial charge on any atom is 0.0897 e. The van der Waals surface area contributed by atoms with Crippen LogP contribution in [0, 0.1) is 12.8 Å². The van der Waals surface area contributed by atoms with Gasteiger partial charge in [0.05, 0.1) is 5.01 Å². The van der Waals surface area contributed by atoms with Crippen molar-refractivity contribution in [3.05, 3.63) is 16.1 Å². The Labute approximate surface area is 89.8 Å². The van der Waals surface area contributed by atoms with Gasteiger partial charge in [-0.1, -0.05) is 19.3 Å². The Balaban J connectivity index is 1.58. The lowest BCUT2D eigenvalue weighted by molar-refractivity contribution is 0.292. The van der Waals surface area contributed by atoms with Crippen molar-refractivity contribution >= 4 is 11.3 Å². The number of nitrogens with one attached hydrogen (secondary N) is 1. The number of hydrogen-bond acceptors (Lipinski definition) is 3. The molecule has 0 bridgehead atoms. The van der Waals surface area contributed by atoms with Crippen LogP contribution in [0.15, 0.2) is 6.20 Å². The highest BCUT2D eigenvalue weighted by Gasteiger charge is 2.16. The van der Waals surface area contributed by atoms with Crippen molar-refractivity contribution in [2.75, 3.05) is 6.54 Å². The molecule has 0 unspecified atom stereocenters. The topological polar surface area (TPSA) is 24.9 Å². The van der Waals surface area contributed by atoms with Gasteiger partial charge < -0.3 is 5.32 Å². The molecule has 1 aliphatic carbocycles. The molecule has 0 saturated heterocycles. The Morgan fingerprint density at radius 1 is 1.57 bits per heavy atom. The van der Waals surface area contributed by atoms with E-state index in [0.717, 1.165) is 12.5 Å². The number of nitrogens with zero attached hydrogens (tertiary/aromatic N) is 1. The minimum Gasteiger partial charge on any atom is -0.312 e.